The van der Waals surface area contributed by atoms with E-state index in [1.807, 2.05) is 0 Å². The van der Waals surface area contributed by atoms with Crippen LogP contribution < -0.4 is 4.74 Å². The van der Waals surface area contributed by atoms with E-state index in [9.17, 15) is 0 Å². The van der Waals surface area contributed by atoms with Crippen molar-refractivity contribution in [3.05, 3.63) is 101 Å². The molecule has 0 heterocycles. The van der Waals surface area contributed by atoms with Gasteiger partial charge in [0.15, 0.2) is 0 Å². The first-order chi connectivity index (χ1) is 20.0. The third-order valence-corrected chi connectivity index (χ3v) is 10.4. The van der Waals surface area contributed by atoms with Gasteiger partial charge in [0.25, 0.3) is 0 Å². The fraction of sp³-hybridized carbons (Fsp3) is 0.526. The molecule has 0 spiro atoms. The van der Waals surface area contributed by atoms with E-state index in [4.69, 9.17) is 14.2 Å². The van der Waals surface area contributed by atoms with Crippen molar-refractivity contribution in [1.29, 1.82) is 0 Å². The maximum Gasteiger partial charge on any atom is 0.120 e. The van der Waals surface area contributed by atoms with Gasteiger partial charge < -0.3 is 14.2 Å². The van der Waals surface area contributed by atoms with E-state index in [2.05, 4.69) is 99.6 Å². The van der Waals surface area contributed by atoms with Gasteiger partial charge >= 0.3 is 0 Å². The summed E-state index contributed by atoms with van der Waals surface area (Å²) in [4.78, 5) is 0. The highest BCUT2D eigenvalue weighted by atomic mass is 16.5. The molecule has 3 aliphatic carbocycles. The number of hydrogen-bond donors (Lipinski definition) is 0. The topological polar surface area (TPSA) is 27.7 Å². The van der Waals surface area contributed by atoms with Gasteiger partial charge in [-0.15, -0.1) is 0 Å². The summed E-state index contributed by atoms with van der Waals surface area (Å²) in [5.74, 6) is 3.76. The Morgan fingerprint density at radius 3 is 2.32 bits per heavy atom. The van der Waals surface area contributed by atoms with E-state index in [1.54, 1.807) is 5.56 Å². The lowest BCUT2D eigenvalue weighted by molar-refractivity contribution is -0.0884. The molecule has 0 aliphatic heterocycles. The minimum atomic E-state index is 0.246. The molecule has 3 aromatic carbocycles. The highest BCUT2D eigenvalue weighted by molar-refractivity contribution is 5.41. The highest BCUT2D eigenvalue weighted by Gasteiger charge is 2.58. The Hall–Kier alpha value is -2.62. The number of fused-ring (bicyclic) bond motifs is 5. The summed E-state index contributed by atoms with van der Waals surface area (Å²) in [6.07, 6.45) is 9.20. The zero-order chi connectivity index (χ0) is 28.2. The quantitative estimate of drug-likeness (QED) is 0.222. The molecule has 6 rings (SSSR count). The number of benzene rings is 3. The van der Waals surface area contributed by atoms with Crippen LogP contribution >= 0.6 is 0 Å². The van der Waals surface area contributed by atoms with Gasteiger partial charge in [0, 0.05) is 6.61 Å². The van der Waals surface area contributed by atoms with Gasteiger partial charge in [-0.3, -0.25) is 0 Å². The van der Waals surface area contributed by atoms with Gasteiger partial charge in [0.05, 0.1) is 18.8 Å². The fourth-order valence-corrected chi connectivity index (χ4v) is 8.64. The van der Waals surface area contributed by atoms with E-state index in [1.165, 1.54) is 48.8 Å². The van der Waals surface area contributed by atoms with Crippen molar-refractivity contribution < 1.29 is 14.2 Å². The van der Waals surface area contributed by atoms with Gasteiger partial charge in [-0.25, -0.2) is 0 Å². The van der Waals surface area contributed by atoms with Gasteiger partial charge in [-0.2, -0.15) is 0 Å². The lowest BCUT2D eigenvalue weighted by atomic mass is 9.51. The molecule has 6 atom stereocenters. The van der Waals surface area contributed by atoms with Crippen molar-refractivity contribution in [3.8, 4) is 5.75 Å². The first-order valence-corrected chi connectivity index (χ1v) is 16.1. The second-order valence-corrected chi connectivity index (χ2v) is 13.4. The molecule has 218 valence electrons. The Kier molecular flexibility index (Phi) is 8.84. The van der Waals surface area contributed by atoms with Crippen LogP contribution in [-0.2, 0) is 29.1 Å². The Morgan fingerprint density at radius 1 is 0.854 bits per heavy atom. The Bertz CT molecular complexity index is 1260. The summed E-state index contributed by atoms with van der Waals surface area (Å²) in [6.45, 7) is 9.07. The molecule has 3 heteroatoms. The van der Waals surface area contributed by atoms with E-state index < -0.39 is 0 Å². The van der Waals surface area contributed by atoms with E-state index in [-0.39, 0.29) is 5.41 Å². The summed E-state index contributed by atoms with van der Waals surface area (Å²) in [7, 11) is 0. The predicted octanol–water partition coefficient (Wildman–Crippen LogP) is 9.14. The summed E-state index contributed by atoms with van der Waals surface area (Å²) in [5.41, 5.74) is 5.85. The van der Waals surface area contributed by atoms with Crippen LogP contribution in [-0.4, -0.2) is 18.8 Å². The van der Waals surface area contributed by atoms with Crippen LogP contribution in [0, 0.1) is 23.2 Å². The van der Waals surface area contributed by atoms with Gasteiger partial charge in [0.2, 0.25) is 0 Å². The van der Waals surface area contributed by atoms with Gasteiger partial charge in [-0.1, -0.05) is 73.7 Å². The molecule has 3 aliphatic rings. The Morgan fingerprint density at radius 2 is 1.59 bits per heavy atom. The standard InChI is InChI=1S/C38H48O3/c1-27(2)39-22-10-15-31-24-38(3)35(20-21-36(38)41-26-29-13-8-5-9-14-29)34-18-16-30-23-32(17-19-33(30)37(31)34)40-25-28-11-6-4-7-12-28/h4-9,11-14,17,19,23,27,31,34-37H,10,15-16,18,20-22,24-26H2,1-3H3/t31-,34-,35-,36?,37+,38-/m0/s1. The maximum absolute atomic E-state index is 6.75. The zero-order valence-corrected chi connectivity index (χ0v) is 25.3. The molecule has 0 radical (unpaired) electrons. The predicted molar refractivity (Wildman–Crippen MR) is 166 cm³/mol. The van der Waals surface area contributed by atoms with Crippen LogP contribution in [0.15, 0.2) is 78.9 Å². The van der Waals surface area contributed by atoms with Crippen molar-refractivity contribution in [2.75, 3.05) is 6.61 Å². The van der Waals surface area contributed by atoms with Crippen molar-refractivity contribution in [1.82, 2.24) is 0 Å². The molecule has 0 bridgehead atoms. The molecule has 0 amide bonds. The zero-order valence-electron chi connectivity index (χ0n) is 25.3. The van der Waals surface area contributed by atoms with E-state index in [0.717, 1.165) is 43.6 Å². The molecule has 0 saturated heterocycles. The van der Waals surface area contributed by atoms with E-state index >= 15 is 0 Å². The number of ether oxygens (including phenoxy) is 3. The summed E-state index contributed by atoms with van der Waals surface area (Å²) >= 11 is 0. The molecule has 2 saturated carbocycles. The van der Waals surface area contributed by atoms with Crippen LogP contribution in [0.5, 0.6) is 5.75 Å². The van der Waals surface area contributed by atoms with Crippen molar-refractivity contribution in [2.24, 2.45) is 23.2 Å². The second-order valence-electron chi connectivity index (χ2n) is 13.4. The molecule has 3 nitrogen and oxygen atoms in total. The molecule has 0 aromatic heterocycles. The van der Waals surface area contributed by atoms with Crippen molar-refractivity contribution in [3.63, 3.8) is 0 Å². The molecular formula is C38H48O3. The van der Waals surface area contributed by atoms with Crippen LogP contribution in [0.2, 0.25) is 0 Å². The lowest BCUT2D eigenvalue weighted by Gasteiger charge is -2.54. The molecular weight excluding hydrogens is 504 g/mol. The molecule has 2 fully saturated rings. The number of rotatable bonds is 11. The van der Waals surface area contributed by atoms with Gasteiger partial charge in [-0.05, 0) is 122 Å². The maximum atomic E-state index is 6.75. The average molecular weight is 553 g/mol. The minimum Gasteiger partial charge on any atom is -0.489 e. The first-order valence-electron chi connectivity index (χ1n) is 16.1. The second kappa shape index (κ2) is 12.7. The normalized spacial score (nSPS) is 28.6. The summed E-state index contributed by atoms with van der Waals surface area (Å²) in [6, 6.07) is 28.2. The first kappa shape index (κ1) is 28.5. The van der Waals surface area contributed by atoms with E-state index in [0.29, 0.717) is 30.7 Å². The Balaban J connectivity index is 1.21. The van der Waals surface area contributed by atoms with Crippen LogP contribution in [0.1, 0.15) is 87.5 Å². The molecule has 0 N–H and O–H groups in total. The minimum absolute atomic E-state index is 0.246. The van der Waals surface area contributed by atoms with Crippen LogP contribution in [0.25, 0.3) is 0 Å². The smallest absolute Gasteiger partial charge is 0.120 e. The fourth-order valence-electron chi connectivity index (χ4n) is 8.64. The number of aryl methyl sites for hydroxylation is 1. The average Bonchev–Trinajstić information content (AvgIpc) is 3.33. The molecule has 1 unspecified atom stereocenters. The SMILES string of the molecule is CC(C)OCCC[C@H]1C[C@]2(C)C(OCc3ccccc3)CC[C@H]2[C@@H]2CCc3cc(OCc4ccccc4)ccc3[C@@H]12. The van der Waals surface area contributed by atoms with Crippen molar-refractivity contribution in [2.45, 2.75) is 97.1 Å². The highest BCUT2D eigenvalue weighted by Crippen LogP contribution is 2.64. The Labute approximate surface area is 247 Å². The summed E-state index contributed by atoms with van der Waals surface area (Å²) < 4.78 is 19.0. The molecule has 41 heavy (non-hydrogen) atoms. The van der Waals surface area contributed by atoms with Crippen LogP contribution in [0.3, 0.4) is 0 Å². The van der Waals surface area contributed by atoms with Crippen molar-refractivity contribution >= 4 is 0 Å². The third kappa shape index (κ3) is 6.27. The number of hydrogen-bond acceptors (Lipinski definition) is 3. The monoisotopic (exact) mass is 552 g/mol. The molecule has 3 aromatic rings. The lowest BCUT2D eigenvalue weighted by Crippen LogP contribution is -2.48. The third-order valence-electron chi connectivity index (χ3n) is 10.4. The van der Waals surface area contributed by atoms with Crippen LogP contribution in [0.4, 0.5) is 0 Å². The summed E-state index contributed by atoms with van der Waals surface area (Å²) in [5, 5.41) is 0. The van der Waals surface area contributed by atoms with Gasteiger partial charge in [0.1, 0.15) is 12.4 Å². The largest absolute Gasteiger partial charge is 0.489 e.